The molecule has 1 aliphatic carbocycles. The number of hydrogen-bond donors (Lipinski definition) is 1. The van der Waals surface area contributed by atoms with Crippen LogP contribution in [0, 0.1) is 0 Å². The Morgan fingerprint density at radius 1 is 1.29 bits per heavy atom. The second kappa shape index (κ2) is 6.61. The number of nitrogens with one attached hydrogen (secondary N) is 1. The van der Waals surface area contributed by atoms with Crippen LogP contribution in [0.2, 0.25) is 0 Å². The van der Waals surface area contributed by atoms with Crippen molar-refractivity contribution < 1.29 is 0 Å². The summed E-state index contributed by atoms with van der Waals surface area (Å²) in [5, 5.41) is 3.34. The molecule has 0 saturated heterocycles. The Morgan fingerprint density at radius 2 is 2.12 bits per heavy atom. The Balaban J connectivity index is 1.94. The van der Waals surface area contributed by atoms with Crippen LogP contribution in [0.3, 0.4) is 0 Å². The van der Waals surface area contributed by atoms with Crippen LogP contribution in [0.5, 0.6) is 0 Å². The first-order chi connectivity index (χ1) is 8.42. The maximum absolute atomic E-state index is 3.34. The summed E-state index contributed by atoms with van der Waals surface area (Å²) in [5.41, 5.74) is 2.98. The lowest BCUT2D eigenvalue weighted by atomic mass is 9.78. The summed E-state index contributed by atoms with van der Waals surface area (Å²) >= 11 is 0. The lowest BCUT2D eigenvalue weighted by molar-refractivity contribution is 0.419. The van der Waals surface area contributed by atoms with Crippen molar-refractivity contribution in [3.05, 3.63) is 41.5 Å². The average Bonchev–Trinajstić information content (AvgIpc) is 2.29. The molecule has 2 rings (SSSR count). The maximum Gasteiger partial charge on any atom is -0.00143 e. The van der Waals surface area contributed by atoms with Gasteiger partial charge in [-0.15, -0.1) is 0 Å². The fraction of sp³-hybridized carbons (Fsp3) is 0.500. The van der Waals surface area contributed by atoms with Crippen LogP contribution in [0.15, 0.2) is 30.3 Å². The molecule has 17 heavy (non-hydrogen) atoms. The molecule has 0 heterocycles. The van der Waals surface area contributed by atoms with Gasteiger partial charge in [-0.3, -0.25) is 0 Å². The van der Waals surface area contributed by atoms with E-state index in [4.69, 9.17) is 0 Å². The molecule has 1 nitrogen and oxygen atoms in total. The third-order valence-corrected chi connectivity index (χ3v) is 3.58. The highest BCUT2D eigenvalue weighted by Crippen LogP contribution is 2.38. The Labute approximate surface area is 105 Å². The van der Waals surface area contributed by atoms with Gasteiger partial charge in [0.2, 0.25) is 0 Å². The number of benzene rings is 1. The minimum absolute atomic E-state index is 0.824. The van der Waals surface area contributed by atoms with E-state index >= 15 is 0 Å². The van der Waals surface area contributed by atoms with E-state index < -0.39 is 0 Å². The van der Waals surface area contributed by atoms with Gasteiger partial charge in [-0.2, -0.15) is 0 Å². The highest BCUT2D eigenvalue weighted by atomic mass is 14.8. The van der Waals surface area contributed by atoms with E-state index in [1.807, 2.05) is 0 Å². The van der Waals surface area contributed by atoms with Gasteiger partial charge in [-0.1, -0.05) is 49.8 Å². The van der Waals surface area contributed by atoms with Gasteiger partial charge >= 0.3 is 0 Å². The van der Waals surface area contributed by atoms with E-state index in [2.05, 4.69) is 48.7 Å². The van der Waals surface area contributed by atoms with Crippen molar-refractivity contribution in [3.63, 3.8) is 0 Å². The van der Waals surface area contributed by atoms with Gasteiger partial charge in [0.05, 0.1) is 0 Å². The second-order valence-corrected chi connectivity index (χ2v) is 4.80. The molecule has 1 aliphatic rings. The summed E-state index contributed by atoms with van der Waals surface area (Å²) in [6.07, 6.45) is 9.87. The third-order valence-electron chi connectivity index (χ3n) is 3.58. The predicted molar refractivity (Wildman–Crippen MR) is 75.2 cm³/mol. The zero-order chi connectivity index (χ0) is 11.9. The van der Waals surface area contributed by atoms with Gasteiger partial charge in [0, 0.05) is 0 Å². The molecule has 0 radical (unpaired) electrons. The van der Waals surface area contributed by atoms with E-state index in [0.717, 1.165) is 25.4 Å². The van der Waals surface area contributed by atoms with Gasteiger partial charge in [0.15, 0.2) is 0 Å². The standard InChI is InChI=1S/C16H23N/c1-2-17-13-6-5-9-14-8-3-4-12-16(14)15-10-7-11-15/h3-5,8-9,12,15,17H,2,6-7,10-11,13H2,1H3/b9-5+. The topological polar surface area (TPSA) is 12.0 Å². The van der Waals surface area contributed by atoms with Gasteiger partial charge < -0.3 is 5.32 Å². The normalized spacial score (nSPS) is 16.3. The molecular formula is C16H23N. The monoisotopic (exact) mass is 229 g/mol. The zero-order valence-electron chi connectivity index (χ0n) is 10.8. The molecule has 0 aromatic heterocycles. The molecule has 1 heteroatoms. The first kappa shape index (κ1) is 12.4. The average molecular weight is 229 g/mol. The molecule has 1 N–H and O–H groups in total. The molecule has 0 bridgehead atoms. The predicted octanol–water partition coefficient (Wildman–Crippen LogP) is 3.97. The lowest BCUT2D eigenvalue weighted by Crippen LogP contribution is -2.13. The van der Waals surface area contributed by atoms with Crippen LogP contribution >= 0.6 is 0 Å². The molecule has 1 aromatic rings. The summed E-state index contributed by atoms with van der Waals surface area (Å²) in [4.78, 5) is 0. The fourth-order valence-corrected chi connectivity index (χ4v) is 2.33. The minimum Gasteiger partial charge on any atom is -0.317 e. The Morgan fingerprint density at radius 3 is 2.82 bits per heavy atom. The molecule has 92 valence electrons. The summed E-state index contributed by atoms with van der Waals surface area (Å²) in [7, 11) is 0. The van der Waals surface area contributed by atoms with E-state index in [1.54, 1.807) is 5.56 Å². The van der Waals surface area contributed by atoms with Crippen molar-refractivity contribution >= 4 is 6.08 Å². The molecular weight excluding hydrogens is 206 g/mol. The smallest absolute Gasteiger partial charge is 0.00143 e. The lowest BCUT2D eigenvalue weighted by Gasteiger charge is -2.27. The fourth-order valence-electron chi connectivity index (χ4n) is 2.33. The Bertz CT molecular complexity index is 364. The zero-order valence-corrected chi connectivity index (χ0v) is 10.8. The molecule has 1 aromatic carbocycles. The van der Waals surface area contributed by atoms with Gasteiger partial charge in [0.25, 0.3) is 0 Å². The van der Waals surface area contributed by atoms with E-state index in [0.29, 0.717) is 0 Å². The van der Waals surface area contributed by atoms with Crippen molar-refractivity contribution in [1.82, 2.24) is 5.32 Å². The molecule has 1 fully saturated rings. The minimum atomic E-state index is 0.824. The summed E-state index contributed by atoms with van der Waals surface area (Å²) < 4.78 is 0. The van der Waals surface area contributed by atoms with Crippen LogP contribution in [0.4, 0.5) is 0 Å². The molecule has 0 atom stereocenters. The first-order valence-electron chi connectivity index (χ1n) is 6.88. The molecule has 0 unspecified atom stereocenters. The second-order valence-electron chi connectivity index (χ2n) is 4.80. The molecule has 0 spiro atoms. The van der Waals surface area contributed by atoms with Crippen molar-refractivity contribution in [2.24, 2.45) is 0 Å². The summed E-state index contributed by atoms with van der Waals surface area (Å²) in [5.74, 6) is 0.824. The molecule has 0 aliphatic heterocycles. The van der Waals surface area contributed by atoms with Crippen LogP contribution < -0.4 is 5.32 Å². The van der Waals surface area contributed by atoms with Crippen molar-refractivity contribution in [3.8, 4) is 0 Å². The van der Waals surface area contributed by atoms with Crippen LogP contribution in [0.1, 0.15) is 49.7 Å². The maximum atomic E-state index is 3.34. The van der Waals surface area contributed by atoms with E-state index in [9.17, 15) is 0 Å². The van der Waals surface area contributed by atoms with E-state index in [-0.39, 0.29) is 0 Å². The molecule has 0 amide bonds. The summed E-state index contributed by atoms with van der Waals surface area (Å²) in [6, 6.07) is 8.86. The summed E-state index contributed by atoms with van der Waals surface area (Å²) in [6.45, 7) is 4.29. The largest absolute Gasteiger partial charge is 0.317 e. The van der Waals surface area contributed by atoms with Gasteiger partial charge in [-0.25, -0.2) is 0 Å². The number of hydrogen-bond acceptors (Lipinski definition) is 1. The Kier molecular flexibility index (Phi) is 4.81. The SMILES string of the molecule is CCNCC/C=C/c1ccccc1C1CCC1. The van der Waals surface area contributed by atoms with Gasteiger partial charge in [0.1, 0.15) is 0 Å². The number of rotatable bonds is 6. The van der Waals surface area contributed by atoms with Crippen molar-refractivity contribution in [2.45, 2.75) is 38.5 Å². The van der Waals surface area contributed by atoms with E-state index in [1.165, 1.54) is 24.8 Å². The van der Waals surface area contributed by atoms with Crippen LogP contribution in [0.25, 0.3) is 6.08 Å². The van der Waals surface area contributed by atoms with Crippen molar-refractivity contribution in [2.75, 3.05) is 13.1 Å². The van der Waals surface area contributed by atoms with Gasteiger partial charge in [-0.05, 0) is 49.4 Å². The quantitative estimate of drug-likeness (QED) is 0.728. The first-order valence-corrected chi connectivity index (χ1v) is 6.88. The third kappa shape index (κ3) is 3.44. The van der Waals surface area contributed by atoms with Crippen molar-refractivity contribution in [1.29, 1.82) is 0 Å². The molecule has 1 saturated carbocycles. The highest BCUT2D eigenvalue weighted by Gasteiger charge is 2.20. The van der Waals surface area contributed by atoms with Crippen LogP contribution in [-0.4, -0.2) is 13.1 Å². The van der Waals surface area contributed by atoms with Crippen LogP contribution in [-0.2, 0) is 0 Å². The highest BCUT2D eigenvalue weighted by molar-refractivity contribution is 5.55. The Hall–Kier alpha value is -1.08.